The molecule has 59 valence electrons. The van der Waals surface area contributed by atoms with Crippen LogP contribution in [-0.2, 0) is 0 Å². The molecule has 1 radical (unpaired) electrons. The highest BCUT2D eigenvalue weighted by Crippen LogP contribution is 2.28. The average molecular weight is 153 g/mol. The van der Waals surface area contributed by atoms with Gasteiger partial charge >= 0.3 is 0 Å². The van der Waals surface area contributed by atoms with Gasteiger partial charge in [-0.05, 0) is 13.0 Å². The first kappa shape index (κ1) is 7.72. The molecule has 0 fully saturated rings. The van der Waals surface area contributed by atoms with Crippen molar-refractivity contribution in [1.82, 2.24) is 0 Å². The summed E-state index contributed by atoms with van der Waals surface area (Å²) < 4.78 is 4.98. The van der Waals surface area contributed by atoms with Crippen molar-refractivity contribution in [3.63, 3.8) is 0 Å². The minimum atomic E-state index is -0.0790. The highest BCUT2D eigenvalue weighted by Gasteiger charge is 2.01. The predicted octanol–water partition coefficient (Wildman–Crippen LogP) is 1.30. The fourth-order valence-electron chi connectivity index (χ4n) is 0.723. The Morgan fingerprint density at radius 1 is 1.55 bits per heavy atom. The first-order chi connectivity index (χ1) is 5.24. The number of rotatable bonds is 2. The topological polar surface area (TPSA) is 49.7 Å². The summed E-state index contributed by atoms with van der Waals surface area (Å²) in [5.74, 6) is 0.211. The third-order valence-electron chi connectivity index (χ3n) is 1.17. The van der Waals surface area contributed by atoms with E-state index in [1.165, 1.54) is 12.1 Å². The fraction of sp³-hybridized carbons (Fsp3) is 0.250. The van der Waals surface area contributed by atoms with E-state index in [1.54, 1.807) is 6.92 Å². The average Bonchev–Trinajstić information content (AvgIpc) is 1.98. The molecule has 0 aliphatic carbocycles. The zero-order valence-electron chi connectivity index (χ0n) is 6.16. The van der Waals surface area contributed by atoms with E-state index in [9.17, 15) is 0 Å². The zero-order valence-corrected chi connectivity index (χ0v) is 6.16. The van der Waals surface area contributed by atoms with E-state index in [0.29, 0.717) is 6.61 Å². The third-order valence-corrected chi connectivity index (χ3v) is 1.17. The summed E-state index contributed by atoms with van der Waals surface area (Å²) in [5, 5.41) is 18.0. The van der Waals surface area contributed by atoms with Crippen molar-refractivity contribution >= 4 is 0 Å². The van der Waals surface area contributed by atoms with Crippen molar-refractivity contribution in [2.45, 2.75) is 6.92 Å². The number of phenolic OH excluding ortho intramolecular Hbond substituents is 2. The second-order valence-corrected chi connectivity index (χ2v) is 2.00. The molecule has 0 saturated carbocycles. The molecule has 0 spiro atoms. The first-order valence-corrected chi connectivity index (χ1v) is 3.30. The minimum Gasteiger partial charge on any atom is -0.508 e. The highest BCUT2D eigenvalue weighted by atomic mass is 16.5. The van der Waals surface area contributed by atoms with Crippen molar-refractivity contribution in [1.29, 1.82) is 0 Å². The second kappa shape index (κ2) is 3.14. The lowest BCUT2D eigenvalue weighted by Gasteiger charge is -2.04. The van der Waals surface area contributed by atoms with Crippen LogP contribution in [0.4, 0.5) is 0 Å². The van der Waals surface area contributed by atoms with Gasteiger partial charge in [0.25, 0.3) is 0 Å². The second-order valence-electron chi connectivity index (χ2n) is 2.00. The van der Waals surface area contributed by atoms with Crippen molar-refractivity contribution in [2.75, 3.05) is 6.61 Å². The predicted molar refractivity (Wildman–Crippen MR) is 39.8 cm³/mol. The summed E-state index contributed by atoms with van der Waals surface area (Å²) in [5.41, 5.74) is 0. The van der Waals surface area contributed by atoms with E-state index in [2.05, 4.69) is 6.07 Å². The molecule has 0 aromatic heterocycles. The maximum atomic E-state index is 9.07. The SMILES string of the molecule is CCOc1cc(O)c[c]c1O. The molecular formula is C8H9O3. The Kier molecular flexibility index (Phi) is 2.21. The summed E-state index contributed by atoms with van der Waals surface area (Å²) in [4.78, 5) is 0. The fourth-order valence-corrected chi connectivity index (χ4v) is 0.723. The van der Waals surface area contributed by atoms with Crippen molar-refractivity contribution in [3.8, 4) is 17.2 Å². The molecule has 3 nitrogen and oxygen atoms in total. The molecule has 0 heterocycles. The maximum Gasteiger partial charge on any atom is 0.166 e. The van der Waals surface area contributed by atoms with Gasteiger partial charge in [-0.25, -0.2) is 0 Å². The zero-order chi connectivity index (χ0) is 8.27. The number of phenols is 2. The molecule has 0 aliphatic rings. The van der Waals surface area contributed by atoms with E-state index in [4.69, 9.17) is 14.9 Å². The molecule has 1 aromatic rings. The molecule has 11 heavy (non-hydrogen) atoms. The number of hydrogen-bond donors (Lipinski definition) is 2. The molecule has 1 rings (SSSR count). The van der Waals surface area contributed by atoms with Crippen molar-refractivity contribution in [3.05, 3.63) is 18.2 Å². The summed E-state index contributed by atoms with van der Waals surface area (Å²) >= 11 is 0. The smallest absolute Gasteiger partial charge is 0.166 e. The summed E-state index contributed by atoms with van der Waals surface area (Å²) in [7, 11) is 0. The van der Waals surface area contributed by atoms with Crippen LogP contribution in [0.5, 0.6) is 17.2 Å². The Labute approximate surface area is 64.9 Å². The monoisotopic (exact) mass is 153 g/mol. The van der Waals surface area contributed by atoms with Gasteiger partial charge in [0.05, 0.1) is 6.61 Å². The summed E-state index contributed by atoms with van der Waals surface area (Å²) in [6, 6.07) is 5.05. The normalized spacial score (nSPS) is 9.55. The summed E-state index contributed by atoms with van der Waals surface area (Å²) in [6.07, 6.45) is 0. The van der Waals surface area contributed by atoms with Gasteiger partial charge in [0.1, 0.15) is 5.75 Å². The lowest BCUT2D eigenvalue weighted by atomic mass is 10.3. The van der Waals surface area contributed by atoms with Crippen LogP contribution in [0.15, 0.2) is 12.1 Å². The number of hydrogen-bond acceptors (Lipinski definition) is 3. The van der Waals surface area contributed by atoms with Crippen LogP contribution in [0.25, 0.3) is 0 Å². The Balaban J connectivity index is 2.93. The largest absolute Gasteiger partial charge is 0.508 e. The van der Waals surface area contributed by atoms with Gasteiger partial charge in [0.2, 0.25) is 0 Å². The van der Waals surface area contributed by atoms with Crippen LogP contribution in [-0.4, -0.2) is 16.8 Å². The van der Waals surface area contributed by atoms with E-state index < -0.39 is 0 Å². The number of aromatic hydroxyl groups is 2. The lowest BCUT2D eigenvalue weighted by Crippen LogP contribution is -1.91. The van der Waals surface area contributed by atoms with Crippen LogP contribution >= 0.6 is 0 Å². The Hall–Kier alpha value is -1.38. The molecule has 0 aliphatic heterocycles. The van der Waals surface area contributed by atoms with Crippen molar-refractivity contribution < 1.29 is 14.9 Å². The van der Waals surface area contributed by atoms with Crippen LogP contribution in [0.3, 0.4) is 0 Å². The van der Waals surface area contributed by atoms with Crippen LogP contribution < -0.4 is 4.74 Å². The summed E-state index contributed by atoms with van der Waals surface area (Å²) in [6.45, 7) is 2.24. The molecular weight excluding hydrogens is 144 g/mol. The quantitative estimate of drug-likeness (QED) is 0.629. The first-order valence-electron chi connectivity index (χ1n) is 3.30. The van der Waals surface area contributed by atoms with E-state index in [1.807, 2.05) is 0 Å². The van der Waals surface area contributed by atoms with E-state index in [0.717, 1.165) is 0 Å². The molecule has 0 saturated heterocycles. The van der Waals surface area contributed by atoms with Gasteiger partial charge in [0, 0.05) is 12.1 Å². The van der Waals surface area contributed by atoms with Crippen LogP contribution in [0, 0.1) is 6.07 Å². The Morgan fingerprint density at radius 3 is 2.91 bits per heavy atom. The van der Waals surface area contributed by atoms with E-state index >= 15 is 0 Å². The maximum absolute atomic E-state index is 9.07. The molecule has 0 atom stereocenters. The van der Waals surface area contributed by atoms with Crippen molar-refractivity contribution in [2.24, 2.45) is 0 Å². The number of ether oxygens (including phenoxy) is 1. The minimum absolute atomic E-state index is 0.0336. The molecule has 0 amide bonds. The van der Waals surface area contributed by atoms with Gasteiger partial charge in [-0.3, -0.25) is 0 Å². The molecule has 3 heteroatoms. The Morgan fingerprint density at radius 2 is 2.27 bits per heavy atom. The number of benzene rings is 1. The van der Waals surface area contributed by atoms with E-state index in [-0.39, 0.29) is 17.2 Å². The van der Waals surface area contributed by atoms with Crippen LogP contribution in [0.2, 0.25) is 0 Å². The molecule has 0 unspecified atom stereocenters. The molecule has 1 aromatic carbocycles. The lowest BCUT2D eigenvalue weighted by molar-refractivity contribution is 0.315. The van der Waals surface area contributed by atoms with Crippen LogP contribution in [0.1, 0.15) is 6.92 Å². The Bertz CT molecular complexity index is 245. The van der Waals surface area contributed by atoms with Gasteiger partial charge in [-0.15, -0.1) is 0 Å². The highest BCUT2D eigenvalue weighted by molar-refractivity contribution is 5.42. The molecule has 0 bridgehead atoms. The standard InChI is InChI=1S/C8H9O3/c1-2-11-8-5-6(9)3-4-7(8)10/h3,5,9-10H,2H2,1H3. The van der Waals surface area contributed by atoms with Gasteiger partial charge in [-0.2, -0.15) is 0 Å². The van der Waals surface area contributed by atoms with Gasteiger partial charge in [0.15, 0.2) is 11.5 Å². The van der Waals surface area contributed by atoms with Gasteiger partial charge in [-0.1, -0.05) is 0 Å². The molecule has 2 N–H and O–H groups in total. The van der Waals surface area contributed by atoms with Gasteiger partial charge < -0.3 is 14.9 Å². The third kappa shape index (κ3) is 1.77.